The van der Waals surface area contributed by atoms with Crippen molar-refractivity contribution in [3.8, 4) is 0 Å². The molecule has 0 bridgehead atoms. The molecule has 4 heteroatoms. The predicted octanol–water partition coefficient (Wildman–Crippen LogP) is 1.17. The molecule has 2 saturated heterocycles. The van der Waals surface area contributed by atoms with Gasteiger partial charge in [0.25, 0.3) is 0 Å². The highest BCUT2D eigenvalue weighted by Crippen LogP contribution is 2.16. The van der Waals surface area contributed by atoms with Gasteiger partial charge < -0.3 is 4.90 Å². The first-order chi connectivity index (χ1) is 7.75. The molecule has 3 nitrogen and oxygen atoms in total. The maximum atomic E-state index is 11.2. The Hall–Kier alpha value is 0.0700. The van der Waals surface area contributed by atoms with Crippen LogP contribution in [0, 0.1) is 0 Å². The van der Waals surface area contributed by atoms with Crippen molar-refractivity contribution >= 4 is 10.8 Å². The van der Waals surface area contributed by atoms with E-state index in [4.69, 9.17) is 0 Å². The SMILES string of the molecule is CC.CN1CCC(N2CCS(=O)CC2)CC1. The molecule has 0 aromatic carbocycles. The minimum absolute atomic E-state index is 0.524. The smallest absolute Gasteiger partial charge is 0.0363 e. The van der Waals surface area contributed by atoms with Crippen molar-refractivity contribution in [3.05, 3.63) is 0 Å². The van der Waals surface area contributed by atoms with Gasteiger partial charge in [-0.05, 0) is 33.0 Å². The standard InChI is InChI=1S/C10H20N2OS.C2H6/c1-11-4-2-10(3-5-11)12-6-8-14(13)9-7-12;1-2/h10H,2-9H2,1H3;1-2H3. The van der Waals surface area contributed by atoms with Crippen LogP contribution in [0.2, 0.25) is 0 Å². The topological polar surface area (TPSA) is 23.6 Å². The predicted molar refractivity (Wildman–Crippen MR) is 71.3 cm³/mol. The van der Waals surface area contributed by atoms with Gasteiger partial charge in [-0.2, -0.15) is 0 Å². The molecule has 2 rings (SSSR count). The molecule has 0 radical (unpaired) electrons. The zero-order chi connectivity index (χ0) is 12.0. The Morgan fingerprint density at radius 1 is 1.00 bits per heavy atom. The van der Waals surface area contributed by atoms with E-state index in [1.54, 1.807) is 0 Å². The van der Waals surface area contributed by atoms with Crippen LogP contribution in [0.25, 0.3) is 0 Å². The normalized spacial score (nSPS) is 26.2. The fraction of sp³-hybridized carbons (Fsp3) is 1.00. The number of piperidine rings is 1. The zero-order valence-corrected chi connectivity index (χ0v) is 11.8. The largest absolute Gasteiger partial charge is 0.306 e. The van der Waals surface area contributed by atoms with Gasteiger partial charge in [0.1, 0.15) is 0 Å². The first-order valence-corrected chi connectivity index (χ1v) is 8.02. The third-order valence-electron chi connectivity index (χ3n) is 3.42. The lowest BCUT2D eigenvalue weighted by molar-refractivity contribution is 0.130. The van der Waals surface area contributed by atoms with Crippen LogP contribution in [0.1, 0.15) is 26.7 Å². The van der Waals surface area contributed by atoms with Crippen LogP contribution in [-0.4, -0.2) is 64.8 Å². The zero-order valence-electron chi connectivity index (χ0n) is 10.9. The molecule has 0 amide bonds. The van der Waals surface area contributed by atoms with Gasteiger partial charge in [0.2, 0.25) is 0 Å². The van der Waals surface area contributed by atoms with Crippen molar-refractivity contribution in [2.75, 3.05) is 44.7 Å². The molecule has 0 aliphatic carbocycles. The van der Waals surface area contributed by atoms with Crippen molar-refractivity contribution in [1.82, 2.24) is 9.80 Å². The molecule has 0 aromatic heterocycles. The second kappa shape index (κ2) is 7.41. The second-order valence-electron chi connectivity index (χ2n) is 4.42. The average Bonchev–Trinajstić information content (AvgIpc) is 2.34. The Morgan fingerprint density at radius 3 is 2.00 bits per heavy atom. The molecule has 2 aliphatic rings. The van der Waals surface area contributed by atoms with Crippen molar-refractivity contribution < 1.29 is 4.21 Å². The van der Waals surface area contributed by atoms with Crippen LogP contribution in [0.4, 0.5) is 0 Å². The monoisotopic (exact) mass is 246 g/mol. The molecular formula is C12H26N2OS. The van der Waals surface area contributed by atoms with E-state index in [1.165, 1.54) is 25.9 Å². The molecule has 0 N–H and O–H groups in total. The Balaban J connectivity index is 0.000000606. The number of rotatable bonds is 1. The molecule has 0 aromatic rings. The lowest BCUT2D eigenvalue weighted by atomic mass is 10.0. The summed E-state index contributed by atoms with van der Waals surface area (Å²) in [6.07, 6.45) is 2.59. The molecule has 2 aliphatic heterocycles. The van der Waals surface area contributed by atoms with Crippen molar-refractivity contribution in [1.29, 1.82) is 0 Å². The van der Waals surface area contributed by atoms with E-state index >= 15 is 0 Å². The van der Waals surface area contributed by atoms with Gasteiger partial charge in [-0.3, -0.25) is 9.11 Å². The molecule has 0 atom stereocenters. The van der Waals surface area contributed by atoms with Gasteiger partial charge in [-0.25, -0.2) is 0 Å². The third-order valence-corrected chi connectivity index (χ3v) is 4.69. The van der Waals surface area contributed by atoms with E-state index in [1.807, 2.05) is 13.8 Å². The summed E-state index contributed by atoms with van der Waals surface area (Å²) in [7, 11) is 1.67. The number of hydrogen-bond donors (Lipinski definition) is 0. The Labute approximate surface area is 103 Å². The van der Waals surface area contributed by atoms with Gasteiger partial charge in [0.15, 0.2) is 0 Å². The molecule has 2 heterocycles. The second-order valence-corrected chi connectivity index (χ2v) is 6.11. The van der Waals surface area contributed by atoms with Crippen molar-refractivity contribution in [2.45, 2.75) is 32.7 Å². The highest BCUT2D eigenvalue weighted by molar-refractivity contribution is 7.85. The summed E-state index contributed by atoms with van der Waals surface area (Å²) >= 11 is 0. The van der Waals surface area contributed by atoms with Crippen LogP contribution < -0.4 is 0 Å². The fourth-order valence-corrected chi connectivity index (χ4v) is 3.46. The minimum Gasteiger partial charge on any atom is -0.306 e. The minimum atomic E-state index is -0.524. The highest BCUT2D eigenvalue weighted by atomic mass is 32.2. The van der Waals surface area contributed by atoms with E-state index in [2.05, 4.69) is 16.8 Å². The van der Waals surface area contributed by atoms with E-state index in [0.717, 1.165) is 30.6 Å². The van der Waals surface area contributed by atoms with Crippen LogP contribution in [-0.2, 0) is 10.8 Å². The molecule has 2 fully saturated rings. The van der Waals surface area contributed by atoms with Crippen LogP contribution in [0.5, 0.6) is 0 Å². The first-order valence-electron chi connectivity index (χ1n) is 6.53. The average molecular weight is 246 g/mol. The maximum absolute atomic E-state index is 11.2. The van der Waals surface area contributed by atoms with Crippen LogP contribution in [0.15, 0.2) is 0 Å². The van der Waals surface area contributed by atoms with Crippen LogP contribution in [0.3, 0.4) is 0 Å². The summed E-state index contributed by atoms with van der Waals surface area (Å²) < 4.78 is 11.2. The Bertz CT molecular complexity index is 205. The van der Waals surface area contributed by atoms with Crippen molar-refractivity contribution in [2.24, 2.45) is 0 Å². The number of nitrogens with zero attached hydrogens (tertiary/aromatic N) is 2. The third kappa shape index (κ3) is 4.15. The summed E-state index contributed by atoms with van der Waals surface area (Å²) in [6, 6.07) is 0.767. The Kier molecular flexibility index (Phi) is 6.54. The van der Waals surface area contributed by atoms with Crippen LogP contribution >= 0.6 is 0 Å². The van der Waals surface area contributed by atoms with E-state index in [-0.39, 0.29) is 0 Å². The molecular weight excluding hydrogens is 220 g/mol. The molecule has 0 saturated carbocycles. The van der Waals surface area contributed by atoms with Gasteiger partial charge in [-0.15, -0.1) is 0 Å². The van der Waals surface area contributed by atoms with Gasteiger partial charge in [0, 0.05) is 41.4 Å². The summed E-state index contributed by atoms with van der Waals surface area (Å²) in [5.74, 6) is 1.79. The lowest BCUT2D eigenvalue weighted by Gasteiger charge is -2.38. The maximum Gasteiger partial charge on any atom is 0.0363 e. The number of likely N-dealkylation sites (tertiary alicyclic amines) is 1. The number of hydrogen-bond acceptors (Lipinski definition) is 3. The fourth-order valence-electron chi connectivity index (χ4n) is 2.38. The molecule has 96 valence electrons. The van der Waals surface area contributed by atoms with E-state index in [0.29, 0.717) is 0 Å². The summed E-state index contributed by atoms with van der Waals surface area (Å²) in [5.41, 5.74) is 0. The van der Waals surface area contributed by atoms with E-state index < -0.39 is 10.8 Å². The molecule has 0 spiro atoms. The first kappa shape index (κ1) is 14.1. The quantitative estimate of drug-likeness (QED) is 0.694. The highest BCUT2D eigenvalue weighted by Gasteiger charge is 2.25. The van der Waals surface area contributed by atoms with Gasteiger partial charge in [-0.1, -0.05) is 13.8 Å². The summed E-state index contributed by atoms with van der Waals surface area (Å²) in [4.78, 5) is 4.95. The van der Waals surface area contributed by atoms with Gasteiger partial charge in [0.05, 0.1) is 0 Å². The summed E-state index contributed by atoms with van der Waals surface area (Å²) in [6.45, 7) is 8.57. The van der Waals surface area contributed by atoms with Gasteiger partial charge >= 0.3 is 0 Å². The molecule has 0 unspecified atom stereocenters. The van der Waals surface area contributed by atoms with E-state index in [9.17, 15) is 4.21 Å². The summed E-state index contributed by atoms with van der Waals surface area (Å²) in [5, 5.41) is 0. The van der Waals surface area contributed by atoms with Crippen molar-refractivity contribution in [3.63, 3.8) is 0 Å². The Morgan fingerprint density at radius 2 is 1.50 bits per heavy atom. The lowest BCUT2D eigenvalue weighted by Crippen LogP contribution is -2.48. The molecule has 16 heavy (non-hydrogen) atoms.